The topological polar surface area (TPSA) is 125 Å². The maximum Gasteiger partial charge on any atom is 0.357 e. The summed E-state index contributed by atoms with van der Waals surface area (Å²) in [6.45, 7) is 3.34. The number of hydrogen-bond acceptors (Lipinski definition) is 11. The van der Waals surface area contributed by atoms with E-state index in [0.29, 0.717) is 64.7 Å². The summed E-state index contributed by atoms with van der Waals surface area (Å²) in [6, 6.07) is 29.6. The fourth-order valence-corrected chi connectivity index (χ4v) is 8.08. The predicted octanol–water partition coefficient (Wildman–Crippen LogP) is 8.59. The van der Waals surface area contributed by atoms with Gasteiger partial charge in [0.15, 0.2) is 11.8 Å². The van der Waals surface area contributed by atoms with Gasteiger partial charge in [-0.3, -0.25) is 0 Å². The van der Waals surface area contributed by atoms with Crippen LogP contribution >= 0.6 is 22.7 Å². The highest BCUT2D eigenvalue weighted by molar-refractivity contribution is 7.25. The molecule has 0 atom stereocenters. The standard InChI is InChI=1S/C37H21N5O4S2/c1-18-38-30-28-22(20-10-5-3-6-11-20)16-26(41-34(28)47-32(30)36(43)45-18)24-14-9-15-25(40-24)27-17-23(21-12-7-4-8-13-21)29-31-33(48-35(29)42-27)37(44)46-19(2)39-31/h3-17H,1-2H3. The molecule has 9 aromatic rings. The van der Waals surface area contributed by atoms with Gasteiger partial charge in [0.1, 0.15) is 30.1 Å². The molecule has 9 nitrogen and oxygen atoms in total. The summed E-state index contributed by atoms with van der Waals surface area (Å²) in [5.41, 5.74) is 6.57. The van der Waals surface area contributed by atoms with Crippen molar-refractivity contribution < 1.29 is 8.83 Å². The van der Waals surface area contributed by atoms with E-state index in [2.05, 4.69) is 9.97 Å². The molecule has 7 heterocycles. The lowest BCUT2D eigenvalue weighted by Gasteiger charge is -2.10. The van der Waals surface area contributed by atoms with E-state index in [0.717, 1.165) is 33.0 Å². The number of benzene rings is 2. The molecule has 0 saturated heterocycles. The van der Waals surface area contributed by atoms with Crippen molar-refractivity contribution >= 4 is 63.5 Å². The van der Waals surface area contributed by atoms with Crippen molar-refractivity contribution in [2.75, 3.05) is 0 Å². The minimum absolute atomic E-state index is 0.300. The molecule has 0 aliphatic carbocycles. The highest BCUT2D eigenvalue weighted by Gasteiger charge is 2.22. The van der Waals surface area contributed by atoms with E-state index >= 15 is 0 Å². The molecule has 0 spiro atoms. The molecule has 0 unspecified atom stereocenters. The Labute approximate surface area is 278 Å². The molecular weight excluding hydrogens is 643 g/mol. The number of fused-ring (bicyclic) bond motifs is 6. The van der Waals surface area contributed by atoms with Crippen molar-refractivity contribution in [2.24, 2.45) is 0 Å². The first-order valence-electron chi connectivity index (χ1n) is 15.0. The number of rotatable bonds is 4. The summed E-state index contributed by atoms with van der Waals surface area (Å²) in [4.78, 5) is 51.2. The second-order valence-electron chi connectivity index (χ2n) is 11.2. The number of aryl methyl sites for hydroxylation is 2. The van der Waals surface area contributed by atoms with Crippen LogP contribution in [0.3, 0.4) is 0 Å². The summed E-state index contributed by atoms with van der Waals surface area (Å²) in [7, 11) is 0. The van der Waals surface area contributed by atoms with E-state index in [9.17, 15) is 9.59 Å². The van der Waals surface area contributed by atoms with Gasteiger partial charge in [0.2, 0.25) is 0 Å². The first-order valence-corrected chi connectivity index (χ1v) is 16.6. The third kappa shape index (κ3) is 4.55. The van der Waals surface area contributed by atoms with Crippen molar-refractivity contribution in [3.8, 4) is 45.0 Å². The maximum atomic E-state index is 12.8. The number of nitrogens with zero attached hydrogens (tertiary/aromatic N) is 5. The molecule has 2 aromatic carbocycles. The van der Waals surface area contributed by atoms with E-state index in [-0.39, 0.29) is 0 Å². The average Bonchev–Trinajstić information content (AvgIpc) is 3.67. The van der Waals surface area contributed by atoms with E-state index < -0.39 is 11.3 Å². The SMILES string of the molecule is Cc1nc2c(sc3nc(-c4cccc(-c5cc(-c6ccccc6)c6c(n5)sc5c(=O)oc(C)nc56)n4)cc(-c4ccccc4)c32)c(=O)o1. The summed E-state index contributed by atoms with van der Waals surface area (Å²) < 4.78 is 11.5. The molecule has 7 aromatic heterocycles. The van der Waals surface area contributed by atoms with Gasteiger partial charge in [0.05, 0.1) is 22.8 Å². The van der Waals surface area contributed by atoms with Crippen LogP contribution in [0.25, 0.3) is 85.9 Å². The number of thiophene rings is 2. The molecule has 48 heavy (non-hydrogen) atoms. The second kappa shape index (κ2) is 10.8. The van der Waals surface area contributed by atoms with Crippen molar-refractivity contribution in [3.05, 3.63) is 124 Å². The molecule has 0 fully saturated rings. The molecule has 0 saturated carbocycles. The van der Waals surface area contributed by atoms with Crippen LogP contribution in [0.4, 0.5) is 0 Å². The van der Waals surface area contributed by atoms with Gasteiger partial charge in [-0.2, -0.15) is 0 Å². The lowest BCUT2D eigenvalue weighted by atomic mass is 10.0. The van der Waals surface area contributed by atoms with Crippen molar-refractivity contribution in [1.29, 1.82) is 0 Å². The Morgan fingerprint density at radius 1 is 0.500 bits per heavy atom. The monoisotopic (exact) mass is 663 g/mol. The maximum absolute atomic E-state index is 12.8. The number of aromatic nitrogens is 5. The van der Waals surface area contributed by atoms with Gasteiger partial charge in [-0.15, -0.1) is 22.7 Å². The van der Waals surface area contributed by atoms with Crippen LogP contribution < -0.4 is 11.3 Å². The Bertz CT molecular complexity index is 2670. The highest BCUT2D eigenvalue weighted by Crippen LogP contribution is 2.41. The fourth-order valence-electron chi connectivity index (χ4n) is 6.05. The van der Waals surface area contributed by atoms with Gasteiger partial charge in [-0.05, 0) is 46.5 Å². The summed E-state index contributed by atoms with van der Waals surface area (Å²) in [5.74, 6) is 0.601. The van der Waals surface area contributed by atoms with Crippen LogP contribution in [-0.2, 0) is 0 Å². The van der Waals surface area contributed by atoms with E-state index in [1.807, 2.05) is 91.0 Å². The second-order valence-corrected chi connectivity index (χ2v) is 13.2. The third-order valence-electron chi connectivity index (χ3n) is 8.11. The van der Waals surface area contributed by atoms with Crippen LogP contribution in [0.5, 0.6) is 0 Å². The van der Waals surface area contributed by atoms with Crippen LogP contribution in [0.15, 0.2) is 109 Å². The Morgan fingerprint density at radius 3 is 1.38 bits per heavy atom. The van der Waals surface area contributed by atoms with E-state index in [1.54, 1.807) is 13.8 Å². The Morgan fingerprint density at radius 2 is 0.938 bits per heavy atom. The third-order valence-corrected chi connectivity index (χ3v) is 10.2. The highest BCUT2D eigenvalue weighted by atomic mass is 32.1. The van der Waals surface area contributed by atoms with Gasteiger partial charge in [0.25, 0.3) is 0 Å². The molecule has 0 bridgehead atoms. The average molecular weight is 664 g/mol. The Kier molecular flexibility index (Phi) is 6.39. The first kappa shape index (κ1) is 28.3. The molecule has 0 aliphatic rings. The molecule has 0 aliphatic heterocycles. The molecule has 0 amide bonds. The van der Waals surface area contributed by atoms with Crippen LogP contribution in [0.1, 0.15) is 11.8 Å². The minimum Gasteiger partial charge on any atom is -0.408 e. The van der Waals surface area contributed by atoms with Crippen molar-refractivity contribution in [1.82, 2.24) is 24.9 Å². The predicted molar refractivity (Wildman–Crippen MR) is 189 cm³/mol. The first-order chi connectivity index (χ1) is 23.4. The van der Waals surface area contributed by atoms with E-state index in [4.69, 9.17) is 23.8 Å². The quantitative estimate of drug-likeness (QED) is 0.182. The largest absolute Gasteiger partial charge is 0.408 e. The molecule has 0 N–H and O–H groups in total. The minimum atomic E-state index is -0.429. The van der Waals surface area contributed by atoms with Gasteiger partial charge >= 0.3 is 11.3 Å². The summed E-state index contributed by atoms with van der Waals surface area (Å²) >= 11 is 2.53. The van der Waals surface area contributed by atoms with Crippen molar-refractivity contribution in [2.45, 2.75) is 13.8 Å². The normalized spacial score (nSPS) is 11.7. The van der Waals surface area contributed by atoms with Gasteiger partial charge in [0, 0.05) is 24.6 Å². The van der Waals surface area contributed by atoms with Crippen LogP contribution in [0.2, 0.25) is 0 Å². The number of pyridine rings is 3. The zero-order valence-electron chi connectivity index (χ0n) is 25.3. The fraction of sp³-hybridized carbons (Fsp3) is 0.0541. The lowest BCUT2D eigenvalue weighted by molar-refractivity contribution is 0.468. The van der Waals surface area contributed by atoms with Gasteiger partial charge in [-0.1, -0.05) is 66.7 Å². The van der Waals surface area contributed by atoms with E-state index in [1.165, 1.54) is 22.7 Å². The zero-order chi connectivity index (χ0) is 32.5. The van der Waals surface area contributed by atoms with Gasteiger partial charge in [-0.25, -0.2) is 34.5 Å². The van der Waals surface area contributed by atoms with Crippen LogP contribution in [0, 0.1) is 13.8 Å². The van der Waals surface area contributed by atoms with Crippen molar-refractivity contribution in [3.63, 3.8) is 0 Å². The molecular formula is C37H21N5O4S2. The smallest absolute Gasteiger partial charge is 0.357 e. The molecule has 11 heteroatoms. The summed E-state index contributed by atoms with van der Waals surface area (Å²) in [5, 5.41) is 1.60. The molecule has 9 rings (SSSR count). The number of hydrogen-bond donors (Lipinski definition) is 0. The lowest BCUT2D eigenvalue weighted by Crippen LogP contribution is -2.00. The van der Waals surface area contributed by atoms with Gasteiger partial charge < -0.3 is 8.83 Å². The molecule has 0 radical (unpaired) electrons. The summed E-state index contributed by atoms with van der Waals surface area (Å²) in [6.07, 6.45) is 0. The Hall–Kier alpha value is -5.91. The zero-order valence-corrected chi connectivity index (χ0v) is 27.0. The molecule has 230 valence electrons. The Balaban J connectivity index is 1.27. The van der Waals surface area contributed by atoms with Crippen LogP contribution in [-0.4, -0.2) is 24.9 Å².